The first kappa shape index (κ1) is 17.9. The summed E-state index contributed by atoms with van der Waals surface area (Å²) in [5.74, 6) is -0.948. The minimum absolute atomic E-state index is 0.0109. The Labute approximate surface area is 137 Å². The van der Waals surface area contributed by atoms with E-state index in [-0.39, 0.29) is 17.8 Å². The van der Waals surface area contributed by atoms with Gasteiger partial charge in [0.05, 0.1) is 18.0 Å². The van der Waals surface area contributed by atoms with Gasteiger partial charge in [0.2, 0.25) is 6.43 Å². The molecule has 23 heavy (non-hydrogen) atoms. The minimum Gasteiger partial charge on any atom is -0.380 e. The molecule has 4 nitrogen and oxygen atoms in total. The minimum atomic E-state index is -2.48. The Morgan fingerprint density at radius 1 is 1.48 bits per heavy atom. The van der Waals surface area contributed by atoms with E-state index in [1.165, 1.54) is 12.1 Å². The third-order valence-electron chi connectivity index (χ3n) is 3.50. The second-order valence-corrected chi connectivity index (χ2v) is 6.28. The maximum absolute atomic E-state index is 13.4. The van der Waals surface area contributed by atoms with Crippen molar-refractivity contribution in [2.24, 2.45) is 0 Å². The fraction of sp³-hybridized carbons (Fsp3) is 0.533. The molecule has 1 aliphatic heterocycles. The number of hydrogen-bond donors (Lipinski definition) is 1. The highest BCUT2D eigenvalue weighted by Crippen LogP contribution is 2.29. The molecule has 128 valence electrons. The van der Waals surface area contributed by atoms with Gasteiger partial charge in [-0.2, -0.15) is 0 Å². The Balaban J connectivity index is 2.10. The van der Waals surface area contributed by atoms with E-state index in [9.17, 15) is 18.0 Å². The molecule has 0 aliphatic carbocycles. The average Bonchev–Trinajstić information content (AvgIpc) is 2.70. The monoisotopic (exact) mass is 348 g/mol. The molecule has 1 aliphatic rings. The number of amides is 2. The number of carbonyl (C=O) groups is 1. The number of anilines is 1. The molecule has 0 aromatic heterocycles. The van der Waals surface area contributed by atoms with Gasteiger partial charge >= 0.3 is 6.03 Å². The fourth-order valence-corrected chi connectivity index (χ4v) is 3.00. The number of carbonyl (C=O) groups excluding carboxylic acids is 1. The summed E-state index contributed by atoms with van der Waals surface area (Å²) >= 11 is 0.883. The van der Waals surface area contributed by atoms with Gasteiger partial charge in [0.15, 0.2) is 0 Å². The van der Waals surface area contributed by atoms with Crippen LogP contribution in [0.15, 0.2) is 23.1 Å². The van der Waals surface area contributed by atoms with E-state index in [1.54, 1.807) is 4.90 Å². The maximum Gasteiger partial charge on any atom is 0.322 e. The van der Waals surface area contributed by atoms with Gasteiger partial charge in [0.1, 0.15) is 5.82 Å². The van der Waals surface area contributed by atoms with Crippen molar-refractivity contribution in [1.82, 2.24) is 4.90 Å². The van der Waals surface area contributed by atoms with Crippen LogP contribution in [-0.4, -0.2) is 48.9 Å². The summed E-state index contributed by atoms with van der Waals surface area (Å²) in [7, 11) is 0. The van der Waals surface area contributed by atoms with Gasteiger partial charge in [-0.3, -0.25) is 0 Å². The molecule has 8 heteroatoms. The summed E-state index contributed by atoms with van der Waals surface area (Å²) in [5, 5.41) is 2.63. The van der Waals surface area contributed by atoms with Crippen LogP contribution in [0.4, 0.5) is 23.7 Å². The highest BCUT2D eigenvalue weighted by molar-refractivity contribution is 7.99. The largest absolute Gasteiger partial charge is 0.380 e. The average molecular weight is 348 g/mol. The summed E-state index contributed by atoms with van der Waals surface area (Å²) in [6.45, 7) is 3.36. The maximum atomic E-state index is 13.4. The summed E-state index contributed by atoms with van der Waals surface area (Å²) in [6, 6.07) is 3.33. The van der Waals surface area contributed by atoms with Gasteiger partial charge < -0.3 is 15.0 Å². The molecule has 0 radical (unpaired) electrons. The van der Waals surface area contributed by atoms with Crippen molar-refractivity contribution in [2.75, 3.05) is 30.8 Å². The number of rotatable bonds is 4. The number of benzene rings is 1. The lowest BCUT2D eigenvalue weighted by atomic mass is 10.2. The summed E-state index contributed by atoms with van der Waals surface area (Å²) in [4.78, 5) is 14.4. The highest BCUT2D eigenvalue weighted by Gasteiger charge is 2.23. The smallest absolute Gasteiger partial charge is 0.322 e. The molecule has 1 saturated heterocycles. The van der Waals surface area contributed by atoms with E-state index in [0.717, 1.165) is 17.8 Å². The molecule has 0 unspecified atom stereocenters. The zero-order valence-corrected chi connectivity index (χ0v) is 13.5. The van der Waals surface area contributed by atoms with E-state index < -0.39 is 18.0 Å². The zero-order chi connectivity index (χ0) is 16.8. The van der Waals surface area contributed by atoms with Crippen LogP contribution < -0.4 is 5.32 Å². The van der Waals surface area contributed by atoms with E-state index in [2.05, 4.69) is 5.32 Å². The number of hydrogen-bond acceptors (Lipinski definition) is 3. The molecule has 1 aromatic rings. The van der Waals surface area contributed by atoms with Crippen LogP contribution in [0.2, 0.25) is 0 Å². The highest BCUT2D eigenvalue weighted by atomic mass is 32.2. The van der Waals surface area contributed by atoms with Crippen LogP contribution in [-0.2, 0) is 4.74 Å². The Kier molecular flexibility index (Phi) is 6.59. The van der Waals surface area contributed by atoms with Gasteiger partial charge in [-0.05, 0) is 31.5 Å². The number of ether oxygens (including phenoxy) is 1. The lowest BCUT2D eigenvalue weighted by Crippen LogP contribution is -2.42. The van der Waals surface area contributed by atoms with E-state index in [1.807, 2.05) is 6.92 Å². The van der Waals surface area contributed by atoms with Crippen LogP contribution in [0.1, 0.15) is 13.3 Å². The lowest BCUT2D eigenvalue weighted by molar-refractivity contribution is 0.143. The number of halogens is 3. The van der Waals surface area contributed by atoms with Crippen LogP contribution in [0, 0.1) is 5.82 Å². The predicted molar refractivity (Wildman–Crippen MR) is 83.8 cm³/mol. The van der Waals surface area contributed by atoms with Crippen LogP contribution >= 0.6 is 11.8 Å². The third-order valence-corrected chi connectivity index (χ3v) is 4.58. The number of nitrogens with one attached hydrogen (secondary N) is 1. The fourth-order valence-electron chi connectivity index (χ4n) is 2.26. The van der Waals surface area contributed by atoms with Crippen molar-refractivity contribution in [3.8, 4) is 0 Å². The zero-order valence-electron chi connectivity index (χ0n) is 12.7. The molecule has 2 amide bonds. The van der Waals surface area contributed by atoms with Crippen molar-refractivity contribution < 1.29 is 22.7 Å². The van der Waals surface area contributed by atoms with Crippen molar-refractivity contribution in [1.29, 1.82) is 0 Å². The number of nitrogens with zero attached hydrogens (tertiary/aromatic N) is 1. The molecular formula is C15H19F3N2O2S. The molecule has 0 bridgehead atoms. The van der Waals surface area contributed by atoms with E-state index in [4.69, 9.17) is 4.74 Å². The predicted octanol–water partition coefficient (Wildman–Crippen LogP) is 3.83. The molecule has 0 spiro atoms. The molecular weight excluding hydrogens is 329 g/mol. The Hall–Kier alpha value is -1.41. The number of alkyl halides is 2. The number of urea groups is 1. The van der Waals surface area contributed by atoms with Gasteiger partial charge in [-0.25, -0.2) is 18.0 Å². The van der Waals surface area contributed by atoms with Crippen molar-refractivity contribution >= 4 is 23.5 Å². The molecule has 0 saturated carbocycles. The van der Waals surface area contributed by atoms with Gasteiger partial charge in [-0.1, -0.05) is 0 Å². The topological polar surface area (TPSA) is 41.6 Å². The molecule has 1 aromatic carbocycles. The summed E-state index contributed by atoms with van der Waals surface area (Å²) in [5.41, 5.74) is 0.206. The summed E-state index contributed by atoms with van der Waals surface area (Å²) in [6.07, 6.45) is -1.76. The first-order valence-electron chi connectivity index (χ1n) is 7.33. The molecule has 1 fully saturated rings. The first-order valence-corrected chi connectivity index (χ1v) is 8.32. The van der Waals surface area contributed by atoms with Gasteiger partial charge in [0, 0.05) is 24.1 Å². The molecule has 1 N–H and O–H groups in total. The normalized spacial score (nSPS) is 18.8. The molecule has 1 heterocycles. The van der Waals surface area contributed by atoms with Gasteiger partial charge in [-0.15, -0.1) is 11.8 Å². The van der Waals surface area contributed by atoms with Crippen LogP contribution in [0.5, 0.6) is 0 Å². The van der Waals surface area contributed by atoms with Crippen molar-refractivity contribution in [3.63, 3.8) is 0 Å². The second kappa shape index (κ2) is 8.44. The molecule has 1 atom stereocenters. The summed E-state index contributed by atoms with van der Waals surface area (Å²) < 4.78 is 43.5. The Morgan fingerprint density at radius 2 is 2.26 bits per heavy atom. The SMILES string of the molecule is C[C@H]1CCOCCN1C(=O)Nc1cc(F)ccc1SCC(F)F. The van der Waals surface area contributed by atoms with E-state index >= 15 is 0 Å². The third kappa shape index (κ3) is 5.31. The number of thioether (sulfide) groups is 1. The Morgan fingerprint density at radius 3 is 3.00 bits per heavy atom. The second-order valence-electron chi connectivity index (χ2n) is 5.22. The van der Waals surface area contributed by atoms with Crippen LogP contribution in [0.25, 0.3) is 0 Å². The van der Waals surface area contributed by atoms with E-state index in [0.29, 0.717) is 31.1 Å². The lowest BCUT2D eigenvalue weighted by Gasteiger charge is -2.27. The Bertz CT molecular complexity index is 545. The molecule has 2 rings (SSSR count). The standard InChI is InChI=1S/C15H19F3N2O2S/c1-10-4-6-22-7-5-20(10)15(21)19-12-8-11(16)2-3-13(12)23-9-14(17)18/h2-3,8,10,14H,4-7,9H2,1H3,(H,19,21)/t10-/m0/s1. The first-order chi connectivity index (χ1) is 11.0. The van der Waals surface area contributed by atoms with Crippen molar-refractivity contribution in [3.05, 3.63) is 24.0 Å². The van der Waals surface area contributed by atoms with Crippen LogP contribution in [0.3, 0.4) is 0 Å². The quantitative estimate of drug-likeness (QED) is 0.841. The van der Waals surface area contributed by atoms with Crippen molar-refractivity contribution in [2.45, 2.75) is 30.7 Å². The van der Waals surface area contributed by atoms with Gasteiger partial charge in [0.25, 0.3) is 0 Å².